The topological polar surface area (TPSA) is 32.7 Å². The van der Waals surface area contributed by atoms with Crippen LogP contribution in [0.5, 0.6) is 0 Å². The Hall–Kier alpha value is -2.68. The van der Waals surface area contributed by atoms with Gasteiger partial charge in [0.15, 0.2) is 0 Å². The molecule has 0 spiro atoms. The minimum absolute atomic E-state index is 0. The number of allylic oxidation sites excluding steroid dienone is 1. The molecule has 0 saturated heterocycles. The van der Waals surface area contributed by atoms with Crippen LogP contribution in [0.25, 0.3) is 6.08 Å². The molecule has 4 aromatic rings. The molecule has 1 aliphatic heterocycles. The molecule has 0 radical (unpaired) electrons. The molecule has 1 heterocycles. The summed E-state index contributed by atoms with van der Waals surface area (Å²) in [6.07, 6.45) is 5.52. The number of carbonyl (C=O) groups is 1. The summed E-state index contributed by atoms with van der Waals surface area (Å²) in [5.74, 6) is 0.335. The van der Waals surface area contributed by atoms with Crippen LogP contribution in [0, 0.1) is 5.92 Å². The first-order chi connectivity index (χ1) is 16.2. The zero-order chi connectivity index (χ0) is 22.9. The van der Waals surface area contributed by atoms with E-state index < -0.39 is 0 Å². The zero-order valence-corrected chi connectivity index (χ0v) is 22.0. The molecule has 2 unspecified atom stereocenters. The van der Waals surface area contributed by atoms with Gasteiger partial charge in [0.25, 0.3) is 0 Å². The molecule has 2 aliphatic rings. The Morgan fingerprint density at radius 2 is 1.46 bits per heavy atom. The van der Waals surface area contributed by atoms with E-state index in [4.69, 9.17) is 5.10 Å². The number of hydrogen-bond acceptors (Lipinski definition) is 2. The van der Waals surface area contributed by atoms with Gasteiger partial charge < -0.3 is 0 Å². The van der Waals surface area contributed by atoms with Gasteiger partial charge in [0.1, 0.15) is 0 Å². The van der Waals surface area contributed by atoms with Crippen molar-refractivity contribution in [3.05, 3.63) is 126 Å². The standard InChI is InChI=1S/C20H20N2O.2C5H5.2Fe/c1-14(23)22-20(16-9-4-5-10-16)18-12-6-11-17(19(18)21-22)13-15-7-2-3-8-15;2*1-2-4-5-3-1;;/h2-5,7-10,13,18,20H,6,11-12H2,1H3;2*1-5H;;/q-2;2*-1;2*+2. The second kappa shape index (κ2) is 14.7. The third-order valence-electron chi connectivity index (χ3n) is 5.99. The molecule has 5 heteroatoms. The Morgan fingerprint density at radius 3 is 1.94 bits per heavy atom. The summed E-state index contributed by atoms with van der Waals surface area (Å²) in [6.45, 7) is 1.61. The molecule has 1 amide bonds. The minimum atomic E-state index is 0. The maximum Gasteiger partial charge on any atom is 2.00 e. The summed E-state index contributed by atoms with van der Waals surface area (Å²) in [6, 6.07) is 36.7. The van der Waals surface area contributed by atoms with Crippen molar-refractivity contribution < 1.29 is 38.9 Å². The summed E-state index contributed by atoms with van der Waals surface area (Å²) in [5, 5.41) is 6.44. The Morgan fingerprint density at radius 1 is 0.914 bits per heavy atom. The Labute approximate surface area is 229 Å². The van der Waals surface area contributed by atoms with Crippen molar-refractivity contribution in [2.75, 3.05) is 0 Å². The summed E-state index contributed by atoms with van der Waals surface area (Å²) in [5.41, 5.74) is 4.81. The maximum absolute atomic E-state index is 12.1. The van der Waals surface area contributed by atoms with Crippen LogP contribution < -0.4 is 0 Å². The summed E-state index contributed by atoms with van der Waals surface area (Å²) < 4.78 is 0. The molecular formula is C30H30Fe2N2O. The first-order valence-corrected chi connectivity index (χ1v) is 11.6. The van der Waals surface area contributed by atoms with Gasteiger partial charge in [0.05, 0.1) is 0 Å². The predicted octanol–water partition coefficient (Wildman–Crippen LogP) is 7.07. The average Bonchev–Trinajstić information content (AvgIpc) is 3.66. The van der Waals surface area contributed by atoms with Crippen LogP contribution in [0.3, 0.4) is 0 Å². The molecule has 35 heavy (non-hydrogen) atoms. The quantitative estimate of drug-likeness (QED) is 0.196. The van der Waals surface area contributed by atoms with Gasteiger partial charge in [-0.05, 0) is 6.42 Å². The molecule has 0 N–H and O–H groups in total. The molecule has 1 aliphatic carbocycles. The molecular weight excluding hydrogens is 516 g/mol. The van der Waals surface area contributed by atoms with Crippen molar-refractivity contribution in [1.29, 1.82) is 0 Å². The zero-order valence-electron chi connectivity index (χ0n) is 19.8. The summed E-state index contributed by atoms with van der Waals surface area (Å²) >= 11 is 0. The first-order valence-electron chi connectivity index (χ1n) is 11.6. The number of hydrogen-bond donors (Lipinski definition) is 0. The summed E-state index contributed by atoms with van der Waals surface area (Å²) in [7, 11) is 0. The van der Waals surface area contributed by atoms with E-state index >= 15 is 0 Å². The van der Waals surface area contributed by atoms with Crippen LogP contribution in [0.15, 0.2) is 120 Å². The van der Waals surface area contributed by atoms with Gasteiger partial charge in [-0.1, -0.05) is 18.4 Å². The van der Waals surface area contributed by atoms with Gasteiger partial charge in [0, 0.05) is 24.6 Å². The van der Waals surface area contributed by atoms with Crippen LogP contribution in [-0.2, 0) is 38.9 Å². The molecule has 1 saturated carbocycles. The number of fused-ring (bicyclic) bond motifs is 1. The van der Waals surface area contributed by atoms with E-state index in [-0.39, 0.29) is 46.1 Å². The second-order valence-electron chi connectivity index (χ2n) is 8.32. The SMILES string of the molecule is CC(=O)N1N=C2C(=C[c-]3cccc3)CCCC2C1[c-]1cccc1.[Fe+2].[Fe+2].c1cc[cH-]c1.c1cc[cH-]c1. The van der Waals surface area contributed by atoms with Crippen molar-refractivity contribution in [3.63, 3.8) is 0 Å². The molecule has 0 aromatic heterocycles. The molecule has 1 fully saturated rings. The Kier molecular flexibility index (Phi) is 12.0. The minimum Gasteiger partial charge on any atom is -0.273 e. The van der Waals surface area contributed by atoms with Crippen LogP contribution in [0.4, 0.5) is 0 Å². The first kappa shape index (κ1) is 28.6. The van der Waals surface area contributed by atoms with Gasteiger partial charge in [-0.2, -0.15) is 65.8 Å². The fraction of sp³-hybridized carbons (Fsp3) is 0.200. The number of carbonyl (C=O) groups excluding carboxylic acids is 1. The molecule has 2 atom stereocenters. The Bertz CT molecular complexity index is 1060. The van der Waals surface area contributed by atoms with Crippen molar-refractivity contribution >= 4 is 17.7 Å². The molecule has 4 aromatic carbocycles. The van der Waals surface area contributed by atoms with Gasteiger partial charge in [-0.15, -0.1) is 29.3 Å². The smallest absolute Gasteiger partial charge is 0.273 e. The van der Waals surface area contributed by atoms with Crippen molar-refractivity contribution in [1.82, 2.24) is 5.01 Å². The third kappa shape index (κ3) is 7.65. The van der Waals surface area contributed by atoms with Gasteiger partial charge >= 0.3 is 34.1 Å². The van der Waals surface area contributed by atoms with E-state index in [9.17, 15) is 4.79 Å². The van der Waals surface area contributed by atoms with Gasteiger partial charge in [-0.3, -0.25) is 4.79 Å². The maximum atomic E-state index is 12.1. The van der Waals surface area contributed by atoms with E-state index in [0.29, 0.717) is 5.92 Å². The largest absolute Gasteiger partial charge is 2.00 e. The molecule has 3 nitrogen and oxygen atoms in total. The van der Waals surface area contributed by atoms with E-state index in [1.807, 2.05) is 72.8 Å². The van der Waals surface area contributed by atoms with Crippen LogP contribution in [-0.4, -0.2) is 16.6 Å². The van der Waals surface area contributed by atoms with Crippen molar-refractivity contribution in [2.24, 2.45) is 11.0 Å². The molecule has 182 valence electrons. The second-order valence-corrected chi connectivity index (χ2v) is 8.32. The summed E-state index contributed by atoms with van der Waals surface area (Å²) in [4.78, 5) is 12.1. The van der Waals surface area contributed by atoms with Gasteiger partial charge in [0.2, 0.25) is 5.91 Å². The monoisotopic (exact) mass is 546 g/mol. The van der Waals surface area contributed by atoms with Crippen molar-refractivity contribution in [3.8, 4) is 0 Å². The van der Waals surface area contributed by atoms with E-state index in [2.05, 4.69) is 42.5 Å². The predicted molar refractivity (Wildman–Crippen MR) is 136 cm³/mol. The number of amides is 1. The Balaban J connectivity index is 0.000000300. The number of nitrogens with zero attached hydrogens (tertiary/aromatic N) is 2. The average molecular weight is 546 g/mol. The normalized spacial score (nSPS) is 19.1. The molecule has 0 bridgehead atoms. The van der Waals surface area contributed by atoms with Crippen molar-refractivity contribution in [2.45, 2.75) is 32.2 Å². The van der Waals surface area contributed by atoms with Crippen LogP contribution in [0.1, 0.15) is 43.4 Å². The fourth-order valence-electron chi connectivity index (χ4n) is 4.51. The fourth-order valence-corrected chi connectivity index (χ4v) is 4.51. The van der Waals surface area contributed by atoms with Crippen LogP contribution >= 0.6 is 0 Å². The molecule has 6 rings (SSSR count). The third-order valence-corrected chi connectivity index (χ3v) is 5.99. The van der Waals surface area contributed by atoms with Crippen LogP contribution in [0.2, 0.25) is 0 Å². The number of hydrazone groups is 1. The number of rotatable bonds is 2. The van der Waals surface area contributed by atoms with E-state index in [0.717, 1.165) is 25.0 Å². The van der Waals surface area contributed by atoms with Gasteiger partial charge in [-0.25, -0.2) is 41.4 Å². The van der Waals surface area contributed by atoms with E-state index in [1.54, 1.807) is 11.9 Å². The van der Waals surface area contributed by atoms with E-state index in [1.165, 1.54) is 16.7 Å².